The van der Waals surface area contributed by atoms with Crippen molar-refractivity contribution in [1.29, 1.82) is 0 Å². The normalized spacial score (nSPS) is 11.2. The fraction of sp³-hybridized carbons (Fsp3) is 0.267. The number of nitrogens with one attached hydrogen (secondary N) is 2. The van der Waals surface area contributed by atoms with E-state index >= 15 is 0 Å². The van der Waals surface area contributed by atoms with Gasteiger partial charge in [0, 0.05) is 36.6 Å². The number of hydrogen-bond acceptors (Lipinski definition) is 3. The van der Waals surface area contributed by atoms with Crippen molar-refractivity contribution in [2.45, 2.75) is 19.9 Å². The van der Waals surface area contributed by atoms with Crippen molar-refractivity contribution in [3.05, 3.63) is 52.1 Å². The quantitative estimate of drug-likeness (QED) is 0.699. The second-order valence-electron chi connectivity index (χ2n) is 4.68. The Morgan fingerprint density at radius 3 is 3.11 bits per heavy atom. The summed E-state index contributed by atoms with van der Waals surface area (Å²) in [6.07, 6.45) is 2.97. The van der Waals surface area contributed by atoms with E-state index in [0.29, 0.717) is 0 Å². The van der Waals surface area contributed by atoms with Gasteiger partial charge in [-0.05, 0) is 30.0 Å². The van der Waals surface area contributed by atoms with Crippen molar-refractivity contribution in [2.75, 3.05) is 6.54 Å². The lowest BCUT2D eigenvalue weighted by Gasteiger charge is -2.04. The second kappa shape index (κ2) is 5.55. The number of benzene rings is 1. The highest BCUT2D eigenvalue weighted by Gasteiger charge is 1.99. The number of aromatic nitrogens is 2. The average molecular weight is 271 g/mol. The van der Waals surface area contributed by atoms with E-state index in [1.54, 1.807) is 11.3 Å². The third kappa shape index (κ3) is 3.03. The summed E-state index contributed by atoms with van der Waals surface area (Å²) in [5.41, 5.74) is 3.70. The van der Waals surface area contributed by atoms with Gasteiger partial charge in [-0.3, -0.25) is 0 Å². The van der Waals surface area contributed by atoms with Crippen molar-refractivity contribution in [1.82, 2.24) is 15.3 Å². The highest BCUT2D eigenvalue weighted by atomic mass is 32.1. The van der Waals surface area contributed by atoms with E-state index in [2.05, 4.69) is 44.9 Å². The Balaban J connectivity index is 1.51. The van der Waals surface area contributed by atoms with Crippen LogP contribution < -0.4 is 5.32 Å². The molecular formula is C15H17N3S. The molecule has 0 atom stereocenters. The highest BCUT2D eigenvalue weighted by Crippen LogP contribution is 2.14. The maximum atomic E-state index is 4.46. The fourth-order valence-corrected chi connectivity index (χ4v) is 2.82. The number of rotatable bonds is 5. The third-order valence-corrected chi connectivity index (χ3v) is 4.00. The lowest BCUT2D eigenvalue weighted by molar-refractivity contribution is 0.681. The highest BCUT2D eigenvalue weighted by molar-refractivity contribution is 7.09. The predicted molar refractivity (Wildman–Crippen MR) is 80.6 cm³/mol. The lowest BCUT2D eigenvalue weighted by atomic mass is 10.1. The van der Waals surface area contributed by atoms with Crippen molar-refractivity contribution < 1.29 is 0 Å². The number of thiazole rings is 1. The molecule has 0 saturated heterocycles. The third-order valence-electron chi connectivity index (χ3n) is 3.17. The minimum atomic E-state index is 0.901. The topological polar surface area (TPSA) is 40.7 Å². The van der Waals surface area contributed by atoms with Crippen LogP contribution in [-0.2, 0) is 13.0 Å². The maximum absolute atomic E-state index is 4.46. The van der Waals surface area contributed by atoms with Gasteiger partial charge in [0.1, 0.15) is 0 Å². The SMILES string of the molecule is Cc1nc(CCNCc2ccc3cc[nH]c3c2)cs1. The Kier molecular flexibility index (Phi) is 3.62. The van der Waals surface area contributed by atoms with Crippen molar-refractivity contribution >= 4 is 22.2 Å². The van der Waals surface area contributed by atoms with Gasteiger partial charge in [0.15, 0.2) is 0 Å². The summed E-state index contributed by atoms with van der Waals surface area (Å²) in [4.78, 5) is 7.71. The van der Waals surface area contributed by atoms with Crippen molar-refractivity contribution in [3.8, 4) is 0 Å². The minimum Gasteiger partial charge on any atom is -0.361 e. The van der Waals surface area contributed by atoms with Gasteiger partial charge in [-0.25, -0.2) is 4.98 Å². The largest absolute Gasteiger partial charge is 0.361 e. The van der Waals surface area contributed by atoms with E-state index in [1.807, 2.05) is 13.1 Å². The number of fused-ring (bicyclic) bond motifs is 1. The molecule has 0 saturated carbocycles. The van der Waals surface area contributed by atoms with Crippen LogP contribution in [0.25, 0.3) is 10.9 Å². The first-order valence-corrected chi connectivity index (χ1v) is 7.37. The maximum Gasteiger partial charge on any atom is 0.0897 e. The molecule has 0 bridgehead atoms. The van der Waals surface area contributed by atoms with Gasteiger partial charge < -0.3 is 10.3 Å². The summed E-state index contributed by atoms with van der Waals surface area (Å²) >= 11 is 1.72. The smallest absolute Gasteiger partial charge is 0.0897 e. The van der Waals surface area contributed by atoms with Crippen LogP contribution in [0.1, 0.15) is 16.3 Å². The molecule has 3 aromatic rings. The average Bonchev–Trinajstić information content (AvgIpc) is 3.03. The van der Waals surface area contributed by atoms with Crippen LogP contribution in [0.4, 0.5) is 0 Å². The van der Waals surface area contributed by atoms with Crippen LogP contribution in [0.3, 0.4) is 0 Å². The molecule has 1 aromatic carbocycles. The van der Waals surface area contributed by atoms with Crippen LogP contribution in [0, 0.1) is 6.92 Å². The monoisotopic (exact) mass is 271 g/mol. The van der Waals surface area contributed by atoms with Gasteiger partial charge in [0.05, 0.1) is 10.7 Å². The van der Waals surface area contributed by atoms with Gasteiger partial charge >= 0.3 is 0 Å². The number of aromatic amines is 1. The molecule has 2 aromatic heterocycles. The molecule has 2 N–H and O–H groups in total. The summed E-state index contributed by atoms with van der Waals surface area (Å²) < 4.78 is 0. The van der Waals surface area contributed by atoms with Gasteiger partial charge in [0.2, 0.25) is 0 Å². The molecule has 0 unspecified atom stereocenters. The number of aryl methyl sites for hydroxylation is 1. The molecule has 0 radical (unpaired) electrons. The molecule has 0 aliphatic carbocycles. The van der Waals surface area contributed by atoms with Gasteiger partial charge in [-0.2, -0.15) is 0 Å². The molecule has 3 nitrogen and oxygen atoms in total. The second-order valence-corrected chi connectivity index (χ2v) is 5.75. The van der Waals surface area contributed by atoms with Crippen LogP contribution >= 0.6 is 11.3 Å². The molecule has 0 fully saturated rings. The summed E-state index contributed by atoms with van der Waals surface area (Å²) in [5, 5.41) is 8.02. The summed E-state index contributed by atoms with van der Waals surface area (Å²) in [7, 11) is 0. The van der Waals surface area contributed by atoms with E-state index in [-0.39, 0.29) is 0 Å². The van der Waals surface area contributed by atoms with Crippen molar-refractivity contribution in [2.24, 2.45) is 0 Å². The van der Waals surface area contributed by atoms with E-state index in [1.165, 1.54) is 22.2 Å². The zero-order chi connectivity index (χ0) is 13.1. The Bertz CT molecular complexity index is 669. The molecule has 0 spiro atoms. The summed E-state index contributed by atoms with van der Waals surface area (Å²) in [6.45, 7) is 3.91. The van der Waals surface area contributed by atoms with Crippen molar-refractivity contribution in [3.63, 3.8) is 0 Å². The van der Waals surface area contributed by atoms with E-state index in [4.69, 9.17) is 0 Å². The van der Waals surface area contributed by atoms with Gasteiger partial charge in [0.25, 0.3) is 0 Å². The Labute approximate surface area is 116 Å². The Morgan fingerprint density at radius 2 is 2.26 bits per heavy atom. The van der Waals surface area contributed by atoms with E-state index in [0.717, 1.165) is 24.5 Å². The predicted octanol–water partition coefficient (Wildman–Crippen LogP) is 3.27. The van der Waals surface area contributed by atoms with Crippen LogP contribution in [0.5, 0.6) is 0 Å². The number of nitrogens with zero attached hydrogens (tertiary/aromatic N) is 1. The first-order chi connectivity index (χ1) is 9.31. The molecule has 0 amide bonds. The van der Waals surface area contributed by atoms with E-state index in [9.17, 15) is 0 Å². The molecule has 0 aliphatic heterocycles. The van der Waals surface area contributed by atoms with Gasteiger partial charge in [-0.15, -0.1) is 11.3 Å². The van der Waals surface area contributed by atoms with Crippen LogP contribution in [0.2, 0.25) is 0 Å². The molecule has 4 heteroatoms. The Hall–Kier alpha value is -1.65. The zero-order valence-electron chi connectivity index (χ0n) is 10.9. The summed E-state index contributed by atoms with van der Waals surface area (Å²) in [6, 6.07) is 8.63. The van der Waals surface area contributed by atoms with Crippen LogP contribution in [-0.4, -0.2) is 16.5 Å². The van der Waals surface area contributed by atoms with E-state index < -0.39 is 0 Å². The molecule has 98 valence electrons. The number of H-pyrrole nitrogens is 1. The minimum absolute atomic E-state index is 0.901. The lowest BCUT2D eigenvalue weighted by Crippen LogP contribution is -2.16. The van der Waals surface area contributed by atoms with Gasteiger partial charge in [-0.1, -0.05) is 12.1 Å². The zero-order valence-corrected chi connectivity index (χ0v) is 11.8. The van der Waals surface area contributed by atoms with Crippen LogP contribution in [0.15, 0.2) is 35.8 Å². The number of hydrogen-bond donors (Lipinski definition) is 2. The molecule has 3 rings (SSSR count). The fourth-order valence-electron chi connectivity index (χ4n) is 2.18. The summed E-state index contributed by atoms with van der Waals surface area (Å²) in [5.74, 6) is 0. The molecule has 19 heavy (non-hydrogen) atoms. The standard InChI is InChI=1S/C15H17N3S/c1-11-18-14(10-19-11)5-6-16-9-12-2-3-13-4-7-17-15(13)8-12/h2-4,7-8,10,16-17H,5-6,9H2,1H3. The molecule has 2 heterocycles. The first kappa shape index (κ1) is 12.4. The molecule has 0 aliphatic rings. The Morgan fingerprint density at radius 1 is 1.32 bits per heavy atom. The first-order valence-electron chi connectivity index (χ1n) is 6.49. The molecular weight excluding hydrogens is 254 g/mol.